The minimum atomic E-state index is -0.841. The molecule has 0 unspecified atom stereocenters. The summed E-state index contributed by atoms with van der Waals surface area (Å²) in [5, 5.41) is 4.86. The molecule has 1 saturated heterocycles. The smallest absolute Gasteiger partial charge is 0.335 e. The van der Waals surface area contributed by atoms with Crippen molar-refractivity contribution in [3.05, 3.63) is 94.3 Å². The summed E-state index contributed by atoms with van der Waals surface area (Å²) >= 11 is 6.27. The molecule has 36 heavy (non-hydrogen) atoms. The number of halogens is 2. The van der Waals surface area contributed by atoms with E-state index in [9.17, 15) is 23.6 Å². The molecular weight excluding hydrogens is 489 g/mol. The number of hydrogen-bond donors (Lipinski definition) is 2. The van der Waals surface area contributed by atoms with Gasteiger partial charge in [-0.15, -0.1) is 0 Å². The number of nitrogens with zero attached hydrogens (tertiary/aromatic N) is 1. The first-order chi connectivity index (χ1) is 17.2. The number of rotatable bonds is 6. The Morgan fingerprint density at radius 3 is 2.42 bits per heavy atom. The third-order valence-electron chi connectivity index (χ3n) is 5.15. The Labute approximate surface area is 210 Å². The van der Waals surface area contributed by atoms with Crippen LogP contribution in [0.2, 0.25) is 5.02 Å². The Morgan fingerprint density at radius 1 is 1.06 bits per heavy atom. The molecule has 5 amide bonds. The third-order valence-corrected chi connectivity index (χ3v) is 5.44. The van der Waals surface area contributed by atoms with Crippen molar-refractivity contribution in [2.75, 3.05) is 16.8 Å². The molecular formula is C26H19ClFN3O5. The maximum Gasteiger partial charge on any atom is 0.335 e. The lowest BCUT2D eigenvalue weighted by Crippen LogP contribution is -2.54. The highest BCUT2D eigenvalue weighted by Gasteiger charge is 2.36. The molecule has 4 rings (SSSR count). The summed E-state index contributed by atoms with van der Waals surface area (Å²) in [5.41, 5.74) is 1.83. The van der Waals surface area contributed by atoms with E-state index in [4.69, 9.17) is 16.3 Å². The molecule has 2 N–H and O–H groups in total. The van der Waals surface area contributed by atoms with Crippen LogP contribution in [0.5, 0.6) is 5.75 Å². The number of barbiturate groups is 1. The van der Waals surface area contributed by atoms with Gasteiger partial charge >= 0.3 is 6.03 Å². The lowest BCUT2D eigenvalue weighted by Gasteiger charge is -2.26. The van der Waals surface area contributed by atoms with E-state index < -0.39 is 29.6 Å². The van der Waals surface area contributed by atoms with Gasteiger partial charge in [-0.3, -0.25) is 19.7 Å². The molecule has 1 fully saturated rings. The summed E-state index contributed by atoms with van der Waals surface area (Å²) in [6.07, 6.45) is 1.31. The first-order valence-electron chi connectivity index (χ1n) is 10.7. The predicted molar refractivity (Wildman–Crippen MR) is 132 cm³/mol. The highest BCUT2D eigenvalue weighted by molar-refractivity contribution is 6.39. The Kier molecular flexibility index (Phi) is 7.12. The van der Waals surface area contributed by atoms with Gasteiger partial charge in [0.05, 0.1) is 10.7 Å². The second kappa shape index (κ2) is 10.4. The van der Waals surface area contributed by atoms with Crippen LogP contribution < -0.4 is 20.3 Å². The monoisotopic (exact) mass is 507 g/mol. The van der Waals surface area contributed by atoms with Gasteiger partial charge in [-0.1, -0.05) is 35.4 Å². The number of ether oxygens (including phenoxy) is 1. The molecule has 1 aliphatic rings. The van der Waals surface area contributed by atoms with Gasteiger partial charge in [-0.05, 0) is 67.1 Å². The van der Waals surface area contributed by atoms with E-state index in [0.717, 1.165) is 10.5 Å². The number of benzene rings is 3. The van der Waals surface area contributed by atoms with Gasteiger partial charge in [0, 0.05) is 5.69 Å². The van der Waals surface area contributed by atoms with Crippen LogP contribution in [0.1, 0.15) is 11.1 Å². The number of carbonyl (C=O) groups is 4. The quantitative estimate of drug-likeness (QED) is 0.378. The SMILES string of the molecule is Cc1ccc(N2C(=O)NC(=O)/C(=C\c3ccc(OCC(=O)Nc4ccc(F)cc4)c(Cl)c3)C2=O)cc1. The van der Waals surface area contributed by atoms with Crippen molar-refractivity contribution < 1.29 is 28.3 Å². The number of hydrogen-bond acceptors (Lipinski definition) is 5. The highest BCUT2D eigenvalue weighted by atomic mass is 35.5. The van der Waals surface area contributed by atoms with Crippen molar-refractivity contribution in [3.63, 3.8) is 0 Å². The molecule has 0 radical (unpaired) electrons. The number of urea groups is 1. The number of imide groups is 2. The van der Waals surface area contributed by atoms with Crippen LogP contribution in [0.4, 0.5) is 20.6 Å². The summed E-state index contributed by atoms with van der Waals surface area (Å²) in [6, 6.07) is 15.6. The molecule has 1 aliphatic heterocycles. The summed E-state index contributed by atoms with van der Waals surface area (Å²) in [7, 11) is 0. The molecule has 0 saturated carbocycles. The fourth-order valence-corrected chi connectivity index (χ4v) is 3.59. The molecule has 3 aromatic rings. The lowest BCUT2D eigenvalue weighted by molar-refractivity contribution is -0.122. The van der Waals surface area contributed by atoms with Crippen LogP contribution in [0, 0.1) is 12.7 Å². The second-order valence-electron chi connectivity index (χ2n) is 7.83. The standard InChI is InChI=1S/C26H19ClFN3O5/c1-15-2-9-19(10-3-15)31-25(34)20(24(33)30-26(31)35)12-16-4-11-22(21(27)13-16)36-14-23(32)29-18-7-5-17(28)6-8-18/h2-13H,14H2,1H3,(H,29,32)(H,30,33,35)/b20-12+. The van der Waals surface area contributed by atoms with Crippen LogP contribution in [-0.4, -0.2) is 30.4 Å². The number of carbonyl (C=O) groups excluding carboxylic acids is 4. The number of nitrogens with one attached hydrogen (secondary N) is 2. The van der Waals surface area contributed by atoms with E-state index in [1.54, 1.807) is 30.3 Å². The lowest BCUT2D eigenvalue weighted by atomic mass is 10.1. The molecule has 3 aromatic carbocycles. The van der Waals surface area contributed by atoms with Crippen LogP contribution in [-0.2, 0) is 14.4 Å². The number of amides is 5. The summed E-state index contributed by atoms with van der Waals surface area (Å²) in [5.74, 6) is -2.31. The first kappa shape index (κ1) is 24.6. The fraction of sp³-hybridized carbons (Fsp3) is 0.0769. The zero-order valence-electron chi connectivity index (χ0n) is 18.9. The molecule has 0 bridgehead atoms. The average Bonchev–Trinajstić information content (AvgIpc) is 2.84. The summed E-state index contributed by atoms with van der Waals surface area (Å²) in [4.78, 5) is 50.6. The van der Waals surface area contributed by atoms with Gasteiger partial charge in [-0.25, -0.2) is 14.1 Å². The molecule has 0 aromatic heterocycles. The fourth-order valence-electron chi connectivity index (χ4n) is 3.35. The predicted octanol–water partition coefficient (Wildman–Crippen LogP) is 4.47. The minimum absolute atomic E-state index is 0.133. The van der Waals surface area contributed by atoms with E-state index in [1.807, 2.05) is 6.92 Å². The normalized spacial score (nSPS) is 14.6. The van der Waals surface area contributed by atoms with E-state index in [0.29, 0.717) is 16.9 Å². The molecule has 0 atom stereocenters. The molecule has 1 heterocycles. The second-order valence-corrected chi connectivity index (χ2v) is 8.23. The average molecular weight is 508 g/mol. The Morgan fingerprint density at radius 2 is 1.75 bits per heavy atom. The largest absolute Gasteiger partial charge is 0.482 e. The van der Waals surface area contributed by atoms with Gasteiger partial charge in [0.2, 0.25) is 0 Å². The van der Waals surface area contributed by atoms with E-state index >= 15 is 0 Å². The number of aryl methyl sites for hydroxylation is 1. The molecule has 0 aliphatic carbocycles. The van der Waals surface area contributed by atoms with E-state index in [1.165, 1.54) is 42.5 Å². The van der Waals surface area contributed by atoms with Gasteiger partial charge in [-0.2, -0.15) is 0 Å². The zero-order valence-corrected chi connectivity index (χ0v) is 19.6. The van der Waals surface area contributed by atoms with Crippen molar-refractivity contribution in [2.24, 2.45) is 0 Å². The summed E-state index contributed by atoms with van der Waals surface area (Å²) in [6.45, 7) is 1.51. The van der Waals surface area contributed by atoms with Crippen molar-refractivity contribution in [3.8, 4) is 5.75 Å². The maximum atomic E-state index is 13.0. The van der Waals surface area contributed by atoms with Gasteiger partial charge < -0.3 is 10.1 Å². The van der Waals surface area contributed by atoms with Gasteiger partial charge in [0.1, 0.15) is 17.1 Å². The topological polar surface area (TPSA) is 105 Å². The van der Waals surface area contributed by atoms with Crippen LogP contribution >= 0.6 is 11.6 Å². The maximum absolute atomic E-state index is 13.0. The van der Waals surface area contributed by atoms with Gasteiger partial charge in [0.15, 0.2) is 6.61 Å². The van der Waals surface area contributed by atoms with E-state index in [-0.39, 0.29) is 23.0 Å². The van der Waals surface area contributed by atoms with E-state index in [2.05, 4.69) is 10.6 Å². The van der Waals surface area contributed by atoms with Crippen LogP contribution in [0.3, 0.4) is 0 Å². The van der Waals surface area contributed by atoms with Crippen molar-refractivity contribution in [1.29, 1.82) is 0 Å². The minimum Gasteiger partial charge on any atom is -0.482 e. The Bertz CT molecular complexity index is 1390. The molecule has 182 valence electrons. The van der Waals surface area contributed by atoms with Crippen molar-refractivity contribution >= 4 is 52.8 Å². The van der Waals surface area contributed by atoms with Crippen LogP contribution in [0.15, 0.2) is 72.3 Å². The van der Waals surface area contributed by atoms with Gasteiger partial charge in [0.25, 0.3) is 17.7 Å². The summed E-state index contributed by atoms with van der Waals surface area (Å²) < 4.78 is 18.4. The molecule has 8 nitrogen and oxygen atoms in total. The van der Waals surface area contributed by atoms with Crippen LogP contribution in [0.25, 0.3) is 6.08 Å². The van der Waals surface area contributed by atoms with Crippen molar-refractivity contribution in [1.82, 2.24) is 5.32 Å². The number of anilines is 2. The Hall–Kier alpha value is -4.50. The molecule has 0 spiro atoms. The van der Waals surface area contributed by atoms with Crippen molar-refractivity contribution in [2.45, 2.75) is 6.92 Å². The first-order valence-corrected chi connectivity index (χ1v) is 11.0. The Balaban J connectivity index is 1.47. The zero-order chi connectivity index (χ0) is 25.8. The molecule has 10 heteroatoms. The third kappa shape index (κ3) is 5.59. The highest BCUT2D eigenvalue weighted by Crippen LogP contribution is 2.28.